The molecule has 4 aromatic carbocycles. The molecule has 0 aromatic heterocycles. The molecule has 0 bridgehead atoms. The Kier molecular flexibility index (Phi) is 2.95. The Morgan fingerprint density at radius 2 is 1.29 bits per heavy atom. The van der Waals surface area contributed by atoms with Crippen molar-refractivity contribution in [3.63, 3.8) is 0 Å². The smallest absolute Gasteiger partial charge is 0.0695 e. The zero-order valence-corrected chi connectivity index (χ0v) is 14.6. The van der Waals surface area contributed by atoms with E-state index >= 15 is 0 Å². The highest BCUT2D eigenvalue weighted by Crippen LogP contribution is 2.57. The largest absolute Gasteiger partial charge is 0.102 e. The molecule has 0 saturated heterocycles. The maximum Gasteiger partial charge on any atom is 0.102 e. The number of rotatable bonds is 1. The number of hydrogen-bond donors (Lipinski definition) is 0. The van der Waals surface area contributed by atoms with E-state index in [2.05, 4.69) is 107 Å². The van der Waals surface area contributed by atoms with E-state index in [1.165, 1.54) is 38.6 Å². The van der Waals surface area contributed by atoms with Crippen molar-refractivity contribution < 1.29 is 0 Å². The molecule has 1 aliphatic rings. The lowest BCUT2D eigenvalue weighted by molar-refractivity contribution is 0.952. The van der Waals surface area contributed by atoms with E-state index in [1.807, 2.05) is 0 Å². The third-order valence-corrected chi connectivity index (χ3v) is 6.35. The van der Waals surface area contributed by atoms with Crippen molar-refractivity contribution in [2.24, 2.45) is 0 Å². The van der Waals surface area contributed by atoms with Crippen LogP contribution >= 0.6 is 15.9 Å². The number of alkyl halides is 1. The van der Waals surface area contributed by atoms with Crippen molar-refractivity contribution in [1.82, 2.24) is 0 Å². The van der Waals surface area contributed by atoms with Gasteiger partial charge in [0.2, 0.25) is 0 Å². The summed E-state index contributed by atoms with van der Waals surface area (Å²) in [7, 11) is 0. The van der Waals surface area contributed by atoms with Gasteiger partial charge in [-0.25, -0.2) is 0 Å². The molecule has 1 atom stereocenters. The standard InChI is InChI=1S/C23H15Br/c24-23(17-9-2-1-3-10-17)20-13-7-6-12-19(20)22-18-11-5-4-8-16(18)14-15-21(22)23/h1-15H. The first kappa shape index (κ1) is 14.0. The average molecular weight is 371 g/mol. The molecule has 0 saturated carbocycles. The second-order valence-electron chi connectivity index (χ2n) is 6.28. The Hall–Kier alpha value is -2.38. The minimum atomic E-state index is -0.287. The molecule has 24 heavy (non-hydrogen) atoms. The zero-order valence-electron chi connectivity index (χ0n) is 13.0. The molecule has 0 nitrogen and oxygen atoms in total. The van der Waals surface area contributed by atoms with Gasteiger partial charge in [-0.1, -0.05) is 107 Å². The van der Waals surface area contributed by atoms with Crippen molar-refractivity contribution in [2.75, 3.05) is 0 Å². The molecule has 0 heterocycles. The summed E-state index contributed by atoms with van der Waals surface area (Å²) in [5.41, 5.74) is 6.59. The Bertz CT molecular complexity index is 1070. The first-order valence-electron chi connectivity index (χ1n) is 8.17. The van der Waals surface area contributed by atoms with E-state index in [1.54, 1.807) is 0 Å². The summed E-state index contributed by atoms with van der Waals surface area (Å²) in [5, 5.41) is 2.61. The highest BCUT2D eigenvalue weighted by Gasteiger charge is 2.42. The Labute approximate surface area is 149 Å². The van der Waals surface area contributed by atoms with Crippen LogP contribution < -0.4 is 0 Å². The fraction of sp³-hybridized carbons (Fsp3) is 0.0435. The first-order valence-corrected chi connectivity index (χ1v) is 8.96. The van der Waals surface area contributed by atoms with Crippen LogP contribution in [0.5, 0.6) is 0 Å². The van der Waals surface area contributed by atoms with E-state index in [0.717, 1.165) is 0 Å². The predicted molar refractivity (Wildman–Crippen MR) is 105 cm³/mol. The van der Waals surface area contributed by atoms with Crippen LogP contribution in [0.4, 0.5) is 0 Å². The maximum atomic E-state index is 4.14. The first-order chi connectivity index (χ1) is 11.8. The van der Waals surface area contributed by atoms with Gasteiger partial charge < -0.3 is 0 Å². The van der Waals surface area contributed by atoms with E-state index in [-0.39, 0.29) is 4.32 Å². The third kappa shape index (κ3) is 1.73. The van der Waals surface area contributed by atoms with Crippen molar-refractivity contribution in [3.8, 4) is 11.1 Å². The lowest BCUT2D eigenvalue weighted by atomic mass is 9.88. The minimum absolute atomic E-state index is 0.287. The van der Waals surface area contributed by atoms with Gasteiger partial charge in [-0.2, -0.15) is 0 Å². The summed E-state index contributed by atoms with van der Waals surface area (Å²) in [6.07, 6.45) is 0. The summed E-state index contributed by atoms with van der Waals surface area (Å²) < 4.78 is -0.287. The molecule has 0 spiro atoms. The van der Waals surface area contributed by atoms with Gasteiger partial charge in [0.05, 0.1) is 0 Å². The molecule has 1 aliphatic carbocycles. The molecular formula is C23H15Br. The van der Waals surface area contributed by atoms with Crippen molar-refractivity contribution in [3.05, 3.63) is 108 Å². The van der Waals surface area contributed by atoms with E-state index < -0.39 is 0 Å². The van der Waals surface area contributed by atoms with Gasteiger partial charge in [0.25, 0.3) is 0 Å². The molecule has 4 aromatic rings. The number of benzene rings is 4. The quantitative estimate of drug-likeness (QED) is 0.335. The maximum absolute atomic E-state index is 4.14. The molecule has 0 radical (unpaired) electrons. The molecule has 114 valence electrons. The SMILES string of the molecule is BrC1(c2ccccc2)c2ccccc2-c2c1ccc1ccccc21. The van der Waals surface area contributed by atoms with Crippen LogP contribution in [0.25, 0.3) is 21.9 Å². The molecular weight excluding hydrogens is 356 g/mol. The molecule has 1 heteroatoms. The summed E-state index contributed by atoms with van der Waals surface area (Å²) in [4.78, 5) is 0. The molecule has 0 aliphatic heterocycles. The highest BCUT2D eigenvalue weighted by molar-refractivity contribution is 9.10. The predicted octanol–water partition coefficient (Wildman–Crippen LogP) is 6.51. The van der Waals surface area contributed by atoms with Crippen molar-refractivity contribution in [2.45, 2.75) is 4.32 Å². The van der Waals surface area contributed by atoms with Crippen LogP contribution in [0, 0.1) is 0 Å². The van der Waals surface area contributed by atoms with Crippen LogP contribution in [-0.4, -0.2) is 0 Å². The fourth-order valence-corrected chi connectivity index (χ4v) is 4.91. The molecule has 0 fully saturated rings. The zero-order chi connectivity index (χ0) is 16.1. The summed E-state index contributed by atoms with van der Waals surface area (Å²) >= 11 is 4.14. The normalized spacial score (nSPS) is 18.4. The van der Waals surface area contributed by atoms with Gasteiger partial charge in [-0.05, 0) is 38.6 Å². The number of fused-ring (bicyclic) bond motifs is 5. The van der Waals surface area contributed by atoms with Gasteiger partial charge in [0.1, 0.15) is 4.32 Å². The fourth-order valence-electron chi connectivity index (χ4n) is 3.97. The Morgan fingerprint density at radius 3 is 2.17 bits per heavy atom. The molecule has 1 unspecified atom stereocenters. The van der Waals surface area contributed by atoms with Gasteiger partial charge in [0.15, 0.2) is 0 Å². The minimum Gasteiger partial charge on any atom is -0.0695 e. The van der Waals surface area contributed by atoms with E-state index in [4.69, 9.17) is 0 Å². The van der Waals surface area contributed by atoms with Gasteiger partial charge in [-0.3, -0.25) is 0 Å². The van der Waals surface area contributed by atoms with Crippen LogP contribution in [0.15, 0.2) is 91.0 Å². The second-order valence-corrected chi connectivity index (χ2v) is 7.47. The topological polar surface area (TPSA) is 0 Å². The lowest BCUT2D eigenvalue weighted by Crippen LogP contribution is -2.18. The second kappa shape index (κ2) is 5.06. The lowest BCUT2D eigenvalue weighted by Gasteiger charge is -2.26. The number of hydrogen-bond acceptors (Lipinski definition) is 0. The summed E-state index contributed by atoms with van der Waals surface area (Å²) in [6, 6.07) is 32.6. The number of halogens is 1. The molecule has 0 N–H and O–H groups in total. The van der Waals surface area contributed by atoms with Gasteiger partial charge in [0, 0.05) is 0 Å². The van der Waals surface area contributed by atoms with E-state index in [9.17, 15) is 0 Å². The van der Waals surface area contributed by atoms with E-state index in [0.29, 0.717) is 0 Å². The average Bonchev–Trinajstić information content (AvgIpc) is 2.93. The highest BCUT2D eigenvalue weighted by atomic mass is 79.9. The van der Waals surface area contributed by atoms with Crippen LogP contribution in [0.1, 0.15) is 16.7 Å². The monoisotopic (exact) mass is 370 g/mol. The summed E-state index contributed by atoms with van der Waals surface area (Å²) in [6.45, 7) is 0. The van der Waals surface area contributed by atoms with Crippen LogP contribution in [-0.2, 0) is 4.32 Å². The Balaban J connectivity index is 1.95. The van der Waals surface area contributed by atoms with Crippen LogP contribution in [0.2, 0.25) is 0 Å². The third-order valence-electron chi connectivity index (χ3n) is 5.04. The molecule has 0 amide bonds. The van der Waals surface area contributed by atoms with Crippen LogP contribution in [0.3, 0.4) is 0 Å². The Morgan fingerprint density at radius 1 is 0.583 bits per heavy atom. The van der Waals surface area contributed by atoms with Gasteiger partial charge >= 0.3 is 0 Å². The van der Waals surface area contributed by atoms with Crippen molar-refractivity contribution in [1.29, 1.82) is 0 Å². The van der Waals surface area contributed by atoms with Crippen molar-refractivity contribution >= 4 is 26.7 Å². The molecule has 5 rings (SSSR count). The summed E-state index contributed by atoms with van der Waals surface area (Å²) in [5.74, 6) is 0. The van der Waals surface area contributed by atoms with Gasteiger partial charge in [-0.15, -0.1) is 0 Å².